The molecular weight excluding hydrogens is 194 g/mol. The molecule has 0 saturated heterocycles. The molecule has 0 aromatic rings. The second-order valence-corrected chi connectivity index (χ2v) is 4.40. The molecular formula is C11H23NO3. The van der Waals surface area contributed by atoms with Gasteiger partial charge >= 0.3 is 0 Å². The van der Waals surface area contributed by atoms with Crippen LogP contribution in [0.3, 0.4) is 0 Å². The van der Waals surface area contributed by atoms with E-state index in [0.717, 1.165) is 0 Å². The third kappa shape index (κ3) is 7.33. The van der Waals surface area contributed by atoms with Crippen molar-refractivity contribution in [3.63, 3.8) is 0 Å². The quantitative estimate of drug-likeness (QED) is 0.619. The maximum Gasteiger partial charge on any atom is 0.222 e. The molecule has 90 valence electrons. The molecule has 4 heteroatoms. The van der Waals surface area contributed by atoms with Gasteiger partial charge in [-0.3, -0.25) is 4.79 Å². The highest BCUT2D eigenvalue weighted by Gasteiger charge is 2.20. The number of aliphatic hydroxyl groups is 2. The molecule has 0 fully saturated rings. The molecule has 0 aliphatic rings. The van der Waals surface area contributed by atoms with E-state index in [0.29, 0.717) is 32.4 Å². The van der Waals surface area contributed by atoms with Crippen LogP contribution in [0.15, 0.2) is 0 Å². The first-order valence-electron chi connectivity index (χ1n) is 5.51. The van der Waals surface area contributed by atoms with Crippen LogP contribution in [0.25, 0.3) is 0 Å². The molecule has 0 saturated carbocycles. The summed E-state index contributed by atoms with van der Waals surface area (Å²) >= 11 is 0. The number of unbranched alkanes of at least 4 members (excludes halogenated alkanes) is 1. The molecule has 0 aliphatic heterocycles. The summed E-state index contributed by atoms with van der Waals surface area (Å²) in [6, 6.07) is 0. The second kappa shape index (κ2) is 6.80. The van der Waals surface area contributed by atoms with Gasteiger partial charge in [0.1, 0.15) is 0 Å². The summed E-state index contributed by atoms with van der Waals surface area (Å²) in [7, 11) is 0. The van der Waals surface area contributed by atoms with Gasteiger partial charge in [0, 0.05) is 26.1 Å². The van der Waals surface area contributed by atoms with E-state index in [1.165, 1.54) is 0 Å². The molecule has 0 spiro atoms. The fourth-order valence-corrected chi connectivity index (χ4v) is 1.39. The Bertz CT molecular complexity index is 187. The average molecular weight is 217 g/mol. The van der Waals surface area contributed by atoms with Crippen molar-refractivity contribution < 1.29 is 15.0 Å². The van der Waals surface area contributed by atoms with Crippen LogP contribution in [0.5, 0.6) is 0 Å². The SMILES string of the molecule is CCN(CC(C)(C)O)C(=O)CCCCO. The molecule has 1 amide bonds. The van der Waals surface area contributed by atoms with E-state index < -0.39 is 5.60 Å². The topological polar surface area (TPSA) is 60.8 Å². The van der Waals surface area contributed by atoms with Crippen molar-refractivity contribution in [1.82, 2.24) is 4.90 Å². The van der Waals surface area contributed by atoms with Crippen LogP contribution < -0.4 is 0 Å². The van der Waals surface area contributed by atoms with Crippen molar-refractivity contribution >= 4 is 5.91 Å². The van der Waals surface area contributed by atoms with Gasteiger partial charge in [-0.2, -0.15) is 0 Å². The van der Waals surface area contributed by atoms with Gasteiger partial charge in [-0.1, -0.05) is 0 Å². The van der Waals surface area contributed by atoms with E-state index in [1.807, 2.05) is 6.92 Å². The zero-order chi connectivity index (χ0) is 11.9. The Hall–Kier alpha value is -0.610. The number of aliphatic hydroxyl groups excluding tert-OH is 1. The van der Waals surface area contributed by atoms with Crippen LogP contribution in [0.1, 0.15) is 40.0 Å². The average Bonchev–Trinajstić information content (AvgIpc) is 2.13. The Morgan fingerprint density at radius 3 is 2.33 bits per heavy atom. The fourth-order valence-electron chi connectivity index (χ4n) is 1.39. The Morgan fingerprint density at radius 2 is 1.93 bits per heavy atom. The van der Waals surface area contributed by atoms with Crippen LogP contribution >= 0.6 is 0 Å². The van der Waals surface area contributed by atoms with E-state index in [9.17, 15) is 9.90 Å². The minimum Gasteiger partial charge on any atom is -0.396 e. The lowest BCUT2D eigenvalue weighted by molar-refractivity contribution is -0.134. The minimum absolute atomic E-state index is 0.0491. The number of likely N-dealkylation sites (N-methyl/N-ethyl adjacent to an activating group) is 1. The Labute approximate surface area is 91.9 Å². The monoisotopic (exact) mass is 217 g/mol. The second-order valence-electron chi connectivity index (χ2n) is 4.40. The summed E-state index contributed by atoms with van der Waals surface area (Å²) in [5.41, 5.74) is -0.845. The fraction of sp³-hybridized carbons (Fsp3) is 0.909. The normalized spacial score (nSPS) is 11.5. The van der Waals surface area contributed by atoms with Crippen molar-refractivity contribution in [2.24, 2.45) is 0 Å². The van der Waals surface area contributed by atoms with Gasteiger partial charge in [0.2, 0.25) is 5.91 Å². The van der Waals surface area contributed by atoms with Crippen molar-refractivity contribution in [3.05, 3.63) is 0 Å². The molecule has 0 aromatic heterocycles. The number of rotatable bonds is 7. The van der Waals surface area contributed by atoms with Crippen LogP contribution in [-0.4, -0.2) is 46.3 Å². The molecule has 2 N–H and O–H groups in total. The largest absolute Gasteiger partial charge is 0.396 e. The molecule has 0 atom stereocenters. The summed E-state index contributed by atoms with van der Waals surface area (Å²) < 4.78 is 0. The lowest BCUT2D eigenvalue weighted by Gasteiger charge is -2.28. The Balaban J connectivity index is 4.00. The molecule has 15 heavy (non-hydrogen) atoms. The summed E-state index contributed by atoms with van der Waals surface area (Å²) in [6.45, 7) is 6.39. The van der Waals surface area contributed by atoms with Gasteiger partial charge in [-0.25, -0.2) is 0 Å². The van der Waals surface area contributed by atoms with E-state index in [4.69, 9.17) is 5.11 Å². The smallest absolute Gasteiger partial charge is 0.222 e. The first kappa shape index (κ1) is 14.4. The highest BCUT2D eigenvalue weighted by molar-refractivity contribution is 5.76. The summed E-state index contributed by atoms with van der Waals surface area (Å²) in [6.07, 6.45) is 1.81. The zero-order valence-electron chi connectivity index (χ0n) is 9.99. The van der Waals surface area contributed by atoms with Crippen LogP contribution in [-0.2, 0) is 4.79 Å². The first-order chi connectivity index (χ1) is 6.90. The van der Waals surface area contributed by atoms with E-state index >= 15 is 0 Å². The van der Waals surface area contributed by atoms with E-state index in [2.05, 4.69) is 0 Å². The highest BCUT2D eigenvalue weighted by atomic mass is 16.3. The predicted molar refractivity (Wildman–Crippen MR) is 59.5 cm³/mol. The lowest BCUT2D eigenvalue weighted by atomic mass is 10.1. The van der Waals surface area contributed by atoms with E-state index in [-0.39, 0.29) is 12.5 Å². The number of carbonyl (C=O) groups is 1. The number of nitrogens with zero attached hydrogens (tertiary/aromatic N) is 1. The van der Waals surface area contributed by atoms with Crippen LogP contribution in [0.4, 0.5) is 0 Å². The molecule has 0 radical (unpaired) electrons. The summed E-state index contributed by atoms with van der Waals surface area (Å²) in [4.78, 5) is 13.3. The maximum absolute atomic E-state index is 11.7. The zero-order valence-corrected chi connectivity index (χ0v) is 9.99. The van der Waals surface area contributed by atoms with Gasteiger partial charge in [0.15, 0.2) is 0 Å². The maximum atomic E-state index is 11.7. The van der Waals surface area contributed by atoms with Crippen molar-refractivity contribution in [1.29, 1.82) is 0 Å². The number of amides is 1. The van der Waals surface area contributed by atoms with Crippen molar-refractivity contribution in [2.75, 3.05) is 19.7 Å². The Kier molecular flexibility index (Phi) is 6.52. The van der Waals surface area contributed by atoms with Gasteiger partial charge in [-0.05, 0) is 33.6 Å². The molecule has 4 nitrogen and oxygen atoms in total. The third-order valence-electron chi connectivity index (χ3n) is 2.11. The molecule has 0 unspecified atom stereocenters. The van der Waals surface area contributed by atoms with Gasteiger partial charge in [0.25, 0.3) is 0 Å². The molecule has 0 bridgehead atoms. The highest BCUT2D eigenvalue weighted by Crippen LogP contribution is 2.07. The first-order valence-corrected chi connectivity index (χ1v) is 5.51. The minimum atomic E-state index is -0.845. The van der Waals surface area contributed by atoms with Crippen molar-refractivity contribution in [3.8, 4) is 0 Å². The molecule has 0 heterocycles. The van der Waals surface area contributed by atoms with Crippen LogP contribution in [0, 0.1) is 0 Å². The summed E-state index contributed by atoms with van der Waals surface area (Å²) in [5, 5.41) is 18.2. The third-order valence-corrected chi connectivity index (χ3v) is 2.11. The van der Waals surface area contributed by atoms with Crippen LogP contribution in [0.2, 0.25) is 0 Å². The van der Waals surface area contributed by atoms with E-state index in [1.54, 1.807) is 18.7 Å². The summed E-state index contributed by atoms with van der Waals surface area (Å²) in [5.74, 6) is 0.0491. The Morgan fingerprint density at radius 1 is 1.33 bits per heavy atom. The molecule has 0 aromatic carbocycles. The number of hydrogen-bond donors (Lipinski definition) is 2. The van der Waals surface area contributed by atoms with Gasteiger partial charge in [-0.15, -0.1) is 0 Å². The number of hydrogen-bond acceptors (Lipinski definition) is 3. The standard InChI is InChI=1S/C11H23NO3/c1-4-12(9-11(2,3)15)10(14)7-5-6-8-13/h13,15H,4-9H2,1-3H3. The lowest BCUT2D eigenvalue weighted by Crippen LogP contribution is -2.42. The molecule has 0 aliphatic carbocycles. The van der Waals surface area contributed by atoms with Gasteiger partial charge in [0.05, 0.1) is 5.60 Å². The van der Waals surface area contributed by atoms with Gasteiger partial charge < -0.3 is 15.1 Å². The van der Waals surface area contributed by atoms with Crippen molar-refractivity contribution in [2.45, 2.75) is 45.6 Å². The number of carbonyl (C=O) groups excluding carboxylic acids is 1. The predicted octanol–water partition coefficient (Wildman–Crippen LogP) is 0.768. The molecule has 0 rings (SSSR count).